The van der Waals surface area contributed by atoms with Gasteiger partial charge >= 0.3 is 203 Å². The van der Waals surface area contributed by atoms with Crippen LogP contribution in [0.25, 0.3) is 0 Å². The summed E-state index contributed by atoms with van der Waals surface area (Å²) in [5, 5.41) is 0. The first-order valence-corrected chi connectivity index (χ1v) is 4.90. The van der Waals surface area contributed by atoms with Gasteiger partial charge in [0.1, 0.15) is 0 Å². The van der Waals surface area contributed by atoms with Crippen molar-refractivity contribution in [2.45, 2.75) is 0 Å². The molecule has 0 radical (unpaired) electrons. The minimum atomic E-state index is -6.10. The first-order valence-electron chi connectivity index (χ1n) is 0.730. The van der Waals surface area contributed by atoms with Crippen molar-refractivity contribution in [1.29, 1.82) is 0 Å². The SMILES string of the molecule is [F-].[F-].[F-].[F-].[F-].[F-].[Li+].[Li+].[Li+].[Li+].[Li+].[Li+].[Li+].[Li+].[Li+].[O]=[Sb]([O-])([O-])[O-]. The normalized spacial score (nSPS) is 2.95. The van der Waals surface area contributed by atoms with E-state index in [1.807, 2.05) is 0 Å². The average Bonchev–Trinajstić information content (AvgIpc) is 0.722. The molecule has 0 rings (SSSR count). The predicted molar refractivity (Wildman–Crippen MR) is 6.44 cm³/mol. The second-order valence-electron chi connectivity index (χ2n) is 0.447. The zero-order chi connectivity index (χ0) is 4.50. The first-order chi connectivity index (χ1) is 2.00. The van der Waals surface area contributed by atoms with Gasteiger partial charge in [0, 0.05) is 0 Å². The summed E-state index contributed by atoms with van der Waals surface area (Å²) in [6.07, 6.45) is 0. The molecule has 0 aliphatic rings. The number of hydrogen-bond acceptors (Lipinski definition) is 4. The van der Waals surface area contributed by atoms with Gasteiger partial charge in [-0.2, -0.15) is 0 Å². The molecule has 0 atom stereocenters. The van der Waals surface area contributed by atoms with Gasteiger partial charge in [0.2, 0.25) is 0 Å². The van der Waals surface area contributed by atoms with Crippen molar-refractivity contribution in [2.24, 2.45) is 0 Å². The molecule has 20 heteroatoms. The van der Waals surface area contributed by atoms with Crippen LogP contribution in [0, 0.1) is 0 Å². The third kappa shape index (κ3) is 397. The molecule has 80 valence electrons. The number of halogens is 6. The molecule has 0 N–H and O–H groups in total. The van der Waals surface area contributed by atoms with Gasteiger partial charge in [-0.3, -0.25) is 0 Å². The summed E-state index contributed by atoms with van der Waals surface area (Å²) in [7, 11) is 0. The molecular formula is F6Li9O4Sb. The van der Waals surface area contributed by atoms with Crippen LogP contribution in [0.3, 0.4) is 0 Å². The molecule has 0 bridgehead atoms. The van der Waals surface area contributed by atoms with E-state index in [9.17, 15) is 0 Å². The molecular weight excluding hydrogens is 362 g/mol. The van der Waals surface area contributed by atoms with Crippen LogP contribution in [-0.2, 0) is 3.02 Å². The van der Waals surface area contributed by atoms with Crippen LogP contribution < -0.4 is 208 Å². The van der Waals surface area contributed by atoms with Crippen LogP contribution in [0.4, 0.5) is 0 Å². The average molecular weight is 362 g/mol. The van der Waals surface area contributed by atoms with Crippen molar-refractivity contribution >= 4 is 20.1 Å². The van der Waals surface area contributed by atoms with Crippen LogP contribution in [0.2, 0.25) is 0 Å². The predicted octanol–water partition coefficient (Wildman–Crippen LogP) is -49.0. The van der Waals surface area contributed by atoms with Crippen molar-refractivity contribution in [1.82, 2.24) is 0 Å². The molecule has 0 unspecified atom stereocenters. The summed E-state index contributed by atoms with van der Waals surface area (Å²) in [6, 6.07) is 0. The fourth-order valence-electron chi connectivity index (χ4n) is 0. The zero-order valence-electron chi connectivity index (χ0n) is 13.3. The summed E-state index contributed by atoms with van der Waals surface area (Å²) in [4.78, 5) is 0. The maximum atomic E-state index is 8.64. The second kappa shape index (κ2) is 103. The Bertz CT molecular complexity index is 80.6. The standard InChI is InChI=1S/6FH.9Li.4O.Sb/h6*1H;;;;;;;;;;;;;;/q;;;;;;9*+1;;3*-1;/p-6. The van der Waals surface area contributed by atoms with E-state index in [4.69, 9.17) is 13.2 Å². The third-order valence-electron chi connectivity index (χ3n) is 0. The summed E-state index contributed by atoms with van der Waals surface area (Å²) >= 11 is -6.10. The number of rotatable bonds is 0. The van der Waals surface area contributed by atoms with Crippen LogP contribution in [0.15, 0.2) is 0 Å². The fraction of sp³-hybridized carbons (Fsp3) is 0. The Morgan fingerprint density at radius 2 is 0.400 bits per heavy atom. The molecule has 0 aromatic carbocycles. The Labute approximate surface area is 227 Å². The van der Waals surface area contributed by atoms with E-state index in [2.05, 4.69) is 0 Å². The Morgan fingerprint density at radius 3 is 0.400 bits per heavy atom. The minimum absolute atomic E-state index is 0. The molecule has 0 heterocycles. The molecule has 0 aliphatic carbocycles. The van der Waals surface area contributed by atoms with Gasteiger partial charge in [-0.05, 0) is 0 Å². The molecule has 0 aromatic heterocycles. The molecule has 0 saturated carbocycles. The topological polar surface area (TPSA) is 86.2 Å². The summed E-state index contributed by atoms with van der Waals surface area (Å²) in [5.41, 5.74) is 0. The monoisotopic (exact) mass is 362 g/mol. The molecule has 0 saturated heterocycles. The quantitative estimate of drug-likeness (QED) is 0.316. The van der Waals surface area contributed by atoms with E-state index in [0.29, 0.717) is 0 Å². The Hall–Kier alpha value is 5.45. The van der Waals surface area contributed by atoms with E-state index < -0.39 is 20.1 Å². The summed E-state index contributed by atoms with van der Waals surface area (Å²) < 4.78 is 34.6. The van der Waals surface area contributed by atoms with Gasteiger partial charge in [0.05, 0.1) is 0 Å². The van der Waals surface area contributed by atoms with Crippen molar-refractivity contribution in [3.05, 3.63) is 0 Å². The van der Waals surface area contributed by atoms with Crippen LogP contribution in [-0.4, -0.2) is 20.1 Å². The molecule has 0 amide bonds. The van der Waals surface area contributed by atoms with Gasteiger partial charge in [-0.15, -0.1) is 0 Å². The van der Waals surface area contributed by atoms with Crippen molar-refractivity contribution < 1.29 is 211 Å². The van der Waals surface area contributed by atoms with E-state index in [-0.39, 0.29) is 198 Å². The van der Waals surface area contributed by atoms with E-state index >= 15 is 0 Å². The molecule has 0 aromatic rings. The second-order valence-corrected chi connectivity index (χ2v) is 3.00. The van der Waals surface area contributed by atoms with Crippen molar-refractivity contribution in [3.63, 3.8) is 0 Å². The van der Waals surface area contributed by atoms with E-state index in [0.717, 1.165) is 0 Å². The molecule has 20 heavy (non-hydrogen) atoms. The van der Waals surface area contributed by atoms with Crippen LogP contribution in [0.1, 0.15) is 0 Å². The maximum absolute atomic E-state index is 8.64. The van der Waals surface area contributed by atoms with Crippen LogP contribution >= 0.6 is 0 Å². The molecule has 0 spiro atoms. The van der Waals surface area contributed by atoms with Gasteiger partial charge < -0.3 is 28.2 Å². The van der Waals surface area contributed by atoms with E-state index in [1.54, 1.807) is 0 Å². The third-order valence-corrected chi connectivity index (χ3v) is 0. The Kier molecular flexibility index (Phi) is 873. The van der Waals surface area contributed by atoms with Gasteiger partial charge in [-0.1, -0.05) is 0 Å². The Morgan fingerprint density at radius 1 is 0.400 bits per heavy atom. The molecule has 0 aliphatic heterocycles. The molecule has 0 fully saturated rings. The zero-order valence-corrected chi connectivity index (χ0v) is 15.9. The Balaban J connectivity index is -0.000000000762. The summed E-state index contributed by atoms with van der Waals surface area (Å²) in [6.45, 7) is 0. The summed E-state index contributed by atoms with van der Waals surface area (Å²) in [5.74, 6) is 0. The van der Waals surface area contributed by atoms with Gasteiger partial charge in [-0.25, -0.2) is 0 Å². The molecule has 4 nitrogen and oxygen atoms in total. The first kappa shape index (κ1) is 170. The number of hydrogen-bond donors (Lipinski definition) is 0. The van der Waals surface area contributed by atoms with Crippen molar-refractivity contribution in [3.8, 4) is 0 Å². The van der Waals surface area contributed by atoms with Crippen LogP contribution in [0.5, 0.6) is 0 Å². The van der Waals surface area contributed by atoms with E-state index in [1.165, 1.54) is 0 Å². The van der Waals surface area contributed by atoms with Gasteiger partial charge in [0.25, 0.3) is 0 Å². The fourth-order valence-corrected chi connectivity index (χ4v) is 0. The van der Waals surface area contributed by atoms with Crippen molar-refractivity contribution in [2.75, 3.05) is 0 Å². The van der Waals surface area contributed by atoms with Gasteiger partial charge in [0.15, 0.2) is 0 Å².